The molecule has 2 aromatic rings. The number of aryl methyl sites for hydroxylation is 1. The summed E-state index contributed by atoms with van der Waals surface area (Å²) in [6.45, 7) is 5.07. The highest BCUT2D eigenvalue weighted by Crippen LogP contribution is 2.23. The molecule has 2 aromatic carbocycles. The number of aliphatic imine (C=N–C) groups is 1. The Bertz CT molecular complexity index is 677. The van der Waals surface area contributed by atoms with Crippen LogP contribution >= 0.6 is 0 Å². The first-order valence-electron chi connectivity index (χ1n) is 9.81. The van der Waals surface area contributed by atoms with Crippen LogP contribution in [0.2, 0.25) is 0 Å². The van der Waals surface area contributed by atoms with Gasteiger partial charge >= 0.3 is 0 Å². The topological polar surface area (TPSA) is 41.8 Å². The SMILES string of the molecule is CCCCCOc1ccc(C=Nc2ccc(CCCCC)cc2)c(O)c1. The molecule has 1 N–H and O–H groups in total. The fourth-order valence-corrected chi connectivity index (χ4v) is 2.74. The zero-order chi connectivity index (χ0) is 18.6. The molecule has 3 nitrogen and oxygen atoms in total. The molecule has 0 atom stereocenters. The summed E-state index contributed by atoms with van der Waals surface area (Å²) in [6.07, 6.45) is 9.94. The molecule has 3 heteroatoms. The highest BCUT2D eigenvalue weighted by molar-refractivity contribution is 5.85. The molecule has 0 aliphatic rings. The maximum Gasteiger partial charge on any atom is 0.128 e. The number of hydrogen-bond acceptors (Lipinski definition) is 3. The van der Waals surface area contributed by atoms with Gasteiger partial charge in [-0.2, -0.15) is 0 Å². The van der Waals surface area contributed by atoms with Crippen LogP contribution in [0.4, 0.5) is 5.69 Å². The second kappa shape index (κ2) is 11.3. The molecule has 0 saturated heterocycles. The van der Waals surface area contributed by atoms with Gasteiger partial charge in [-0.25, -0.2) is 0 Å². The monoisotopic (exact) mass is 353 g/mol. The Morgan fingerprint density at radius 3 is 2.35 bits per heavy atom. The molecule has 0 bridgehead atoms. The van der Waals surface area contributed by atoms with Crippen molar-refractivity contribution >= 4 is 11.9 Å². The molecule has 0 saturated carbocycles. The Hall–Kier alpha value is -2.29. The third-order valence-electron chi connectivity index (χ3n) is 4.38. The lowest BCUT2D eigenvalue weighted by Crippen LogP contribution is -1.97. The van der Waals surface area contributed by atoms with Crippen LogP contribution in [0.1, 0.15) is 63.5 Å². The minimum absolute atomic E-state index is 0.193. The molecule has 0 aliphatic heterocycles. The molecule has 0 aliphatic carbocycles. The fraction of sp³-hybridized carbons (Fsp3) is 0.435. The highest BCUT2D eigenvalue weighted by Gasteiger charge is 2.02. The Labute approximate surface area is 157 Å². The van der Waals surface area contributed by atoms with Crippen LogP contribution < -0.4 is 4.74 Å². The zero-order valence-electron chi connectivity index (χ0n) is 16.1. The largest absolute Gasteiger partial charge is 0.507 e. The molecule has 0 amide bonds. The average molecular weight is 354 g/mol. The first-order chi connectivity index (χ1) is 12.7. The summed E-state index contributed by atoms with van der Waals surface area (Å²) in [4.78, 5) is 4.47. The van der Waals surface area contributed by atoms with Gasteiger partial charge in [0.05, 0.1) is 12.3 Å². The van der Waals surface area contributed by atoms with Gasteiger partial charge in [0.25, 0.3) is 0 Å². The smallest absolute Gasteiger partial charge is 0.128 e. The minimum Gasteiger partial charge on any atom is -0.507 e. The lowest BCUT2D eigenvalue weighted by atomic mass is 10.1. The average Bonchev–Trinajstić information content (AvgIpc) is 2.66. The standard InChI is InChI=1S/C23H31NO2/c1-3-5-7-9-19-10-13-21(14-11-19)24-18-20-12-15-22(17-23(20)25)26-16-8-6-4-2/h10-15,17-18,25H,3-9,16H2,1-2H3. The third kappa shape index (κ3) is 6.91. The van der Waals surface area contributed by atoms with E-state index in [0.717, 1.165) is 24.9 Å². The summed E-state index contributed by atoms with van der Waals surface area (Å²) in [5, 5.41) is 10.2. The predicted molar refractivity (Wildman–Crippen MR) is 110 cm³/mol. The van der Waals surface area contributed by atoms with E-state index in [1.54, 1.807) is 12.3 Å². The van der Waals surface area contributed by atoms with E-state index < -0.39 is 0 Å². The van der Waals surface area contributed by atoms with Crippen LogP contribution in [0.25, 0.3) is 0 Å². The van der Waals surface area contributed by atoms with Gasteiger partial charge in [0.1, 0.15) is 11.5 Å². The summed E-state index contributed by atoms with van der Waals surface area (Å²) in [6, 6.07) is 13.7. The van der Waals surface area contributed by atoms with Crippen molar-refractivity contribution in [2.24, 2.45) is 4.99 Å². The highest BCUT2D eigenvalue weighted by atomic mass is 16.5. The van der Waals surface area contributed by atoms with Crippen molar-refractivity contribution in [1.82, 2.24) is 0 Å². The fourth-order valence-electron chi connectivity index (χ4n) is 2.74. The molecule has 2 rings (SSSR count). The second-order valence-corrected chi connectivity index (χ2v) is 6.66. The number of aromatic hydroxyl groups is 1. The van der Waals surface area contributed by atoms with Gasteiger partial charge in [0.2, 0.25) is 0 Å². The summed E-state index contributed by atoms with van der Waals surface area (Å²) in [7, 11) is 0. The number of nitrogens with zero attached hydrogens (tertiary/aromatic N) is 1. The van der Waals surface area contributed by atoms with Gasteiger partial charge in [0, 0.05) is 17.8 Å². The van der Waals surface area contributed by atoms with Gasteiger partial charge in [-0.1, -0.05) is 51.7 Å². The Balaban J connectivity index is 1.90. The van der Waals surface area contributed by atoms with E-state index in [1.165, 1.54) is 31.2 Å². The van der Waals surface area contributed by atoms with Crippen molar-refractivity contribution in [3.05, 3.63) is 53.6 Å². The molecule has 0 unspecified atom stereocenters. The first-order valence-corrected chi connectivity index (χ1v) is 9.81. The molecular formula is C23H31NO2. The van der Waals surface area contributed by atoms with Crippen molar-refractivity contribution in [3.63, 3.8) is 0 Å². The number of rotatable bonds is 11. The van der Waals surface area contributed by atoms with Crippen LogP contribution in [0.15, 0.2) is 47.5 Å². The maximum absolute atomic E-state index is 10.2. The normalized spacial score (nSPS) is 11.2. The van der Waals surface area contributed by atoms with Crippen LogP contribution in [0.5, 0.6) is 11.5 Å². The summed E-state index contributed by atoms with van der Waals surface area (Å²) in [5.41, 5.74) is 2.94. The molecule has 0 fully saturated rings. The Morgan fingerprint density at radius 1 is 0.923 bits per heavy atom. The zero-order valence-corrected chi connectivity index (χ0v) is 16.1. The molecule has 0 spiro atoms. The summed E-state index contributed by atoms with van der Waals surface area (Å²) < 4.78 is 5.66. The third-order valence-corrected chi connectivity index (χ3v) is 4.38. The van der Waals surface area contributed by atoms with Crippen molar-refractivity contribution in [1.29, 1.82) is 0 Å². The van der Waals surface area contributed by atoms with Crippen LogP contribution in [-0.2, 0) is 6.42 Å². The number of ether oxygens (including phenoxy) is 1. The first kappa shape index (κ1) is 20.0. The van der Waals surface area contributed by atoms with Gasteiger partial charge in [-0.15, -0.1) is 0 Å². The molecule has 0 radical (unpaired) electrons. The molecule has 0 aromatic heterocycles. The van der Waals surface area contributed by atoms with E-state index in [0.29, 0.717) is 17.9 Å². The quantitative estimate of drug-likeness (QED) is 0.373. The second-order valence-electron chi connectivity index (χ2n) is 6.66. The summed E-state index contributed by atoms with van der Waals surface area (Å²) >= 11 is 0. The molecule has 140 valence electrons. The number of phenols is 1. The van der Waals surface area contributed by atoms with Crippen LogP contribution in [0.3, 0.4) is 0 Å². The molecule has 0 heterocycles. The van der Waals surface area contributed by atoms with Crippen molar-refractivity contribution in [3.8, 4) is 11.5 Å². The van der Waals surface area contributed by atoms with E-state index in [-0.39, 0.29) is 5.75 Å². The van der Waals surface area contributed by atoms with Crippen molar-refractivity contribution in [2.75, 3.05) is 6.61 Å². The van der Waals surface area contributed by atoms with Gasteiger partial charge < -0.3 is 9.84 Å². The van der Waals surface area contributed by atoms with E-state index >= 15 is 0 Å². The van der Waals surface area contributed by atoms with Gasteiger partial charge in [0.15, 0.2) is 0 Å². The lowest BCUT2D eigenvalue weighted by Gasteiger charge is -2.07. The number of hydrogen-bond donors (Lipinski definition) is 1. The predicted octanol–water partition coefficient (Wildman–Crippen LogP) is 6.44. The van der Waals surface area contributed by atoms with Gasteiger partial charge in [-0.05, 0) is 49.1 Å². The summed E-state index contributed by atoms with van der Waals surface area (Å²) in [5.74, 6) is 0.894. The number of unbranched alkanes of at least 4 members (excludes halogenated alkanes) is 4. The Morgan fingerprint density at radius 2 is 1.65 bits per heavy atom. The van der Waals surface area contributed by atoms with E-state index in [4.69, 9.17) is 4.74 Å². The molecular weight excluding hydrogens is 322 g/mol. The Kier molecular flexibility index (Phi) is 8.74. The van der Waals surface area contributed by atoms with E-state index in [1.807, 2.05) is 24.3 Å². The van der Waals surface area contributed by atoms with Crippen LogP contribution in [0, 0.1) is 0 Å². The number of benzene rings is 2. The maximum atomic E-state index is 10.2. The number of phenolic OH excluding ortho intramolecular Hbond substituents is 1. The van der Waals surface area contributed by atoms with Crippen molar-refractivity contribution < 1.29 is 9.84 Å². The minimum atomic E-state index is 0.193. The van der Waals surface area contributed by atoms with Gasteiger partial charge in [-0.3, -0.25) is 4.99 Å². The van der Waals surface area contributed by atoms with Crippen molar-refractivity contribution in [2.45, 2.75) is 58.8 Å². The van der Waals surface area contributed by atoms with E-state index in [2.05, 4.69) is 31.0 Å². The van der Waals surface area contributed by atoms with E-state index in [9.17, 15) is 5.11 Å². The van der Waals surface area contributed by atoms with Crippen LogP contribution in [-0.4, -0.2) is 17.9 Å². The lowest BCUT2D eigenvalue weighted by molar-refractivity contribution is 0.304. The molecule has 26 heavy (non-hydrogen) atoms.